The molecule has 0 aromatic heterocycles. The molecule has 1 heterocycles. The molecule has 2 N–H and O–H groups in total. The van der Waals surface area contributed by atoms with Crippen LogP contribution in [-0.4, -0.2) is 42.3 Å². The van der Waals surface area contributed by atoms with Crippen LogP contribution >= 0.6 is 0 Å². The molecule has 0 bridgehead atoms. The summed E-state index contributed by atoms with van der Waals surface area (Å²) in [6, 6.07) is 10.2. The number of aliphatic hydroxyl groups excluding tert-OH is 1. The molecule has 1 saturated carbocycles. The number of nitrogens with one attached hydrogen (secondary N) is 1. The van der Waals surface area contributed by atoms with Gasteiger partial charge < -0.3 is 15.3 Å². The molecule has 4 heteroatoms. The Morgan fingerprint density at radius 3 is 2.40 bits per heavy atom. The Morgan fingerprint density at radius 1 is 1.08 bits per heavy atom. The Hall–Kier alpha value is -1.55. The first kappa shape index (κ1) is 18.2. The van der Waals surface area contributed by atoms with Gasteiger partial charge in [0.05, 0.1) is 0 Å². The van der Waals surface area contributed by atoms with E-state index in [9.17, 15) is 9.90 Å². The molecule has 2 fully saturated rings. The minimum Gasteiger partial charge on any atom is -0.396 e. The van der Waals surface area contributed by atoms with E-state index in [-0.39, 0.29) is 18.6 Å². The minimum absolute atomic E-state index is 0.0598. The average Bonchev–Trinajstić information content (AvgIpc) is 2.67. The fraction of sp³-hybridized carbons (Fsp3) is 0.667. The number of carbonyl (C=O) groups is 1. The predicted octanol–water partition coefficient (Wildman–Crippen LogP) is 3.91. The van der Waals surface area contributed by atoms with Crippen molar-refractivity contribution in [1.29, 1.82) is 0 Å². The Balaban J connectivity index is 1.48. The van der Waals surface area contributed by atoms with E-state index in [1.54, 1.807) is 0 Å². The largest absolute Gasteiger partial charge is 0.396 e. The van der Waals surface area contributed by atoms with E-state index in [4.69, 9.17) is 0 Å². The molecule has 1 atom stereocenters. The maximum atomic E-state index is 12.6. The Morgan fingerprint density at radius 2 is 1.76 bits per heavy atom. The lowest BCUT2D eigenvalue weighted by Gasteiger charge is -2.44. The van der Waals surface area contributed by atoms with Crippen molar-refractivity contribution in [2.75, 3.05) is 26.2 Å². The van der Waals surface area contributed by atoms with Crippen LogP contribution in [-0.2, 0) is 0 Å². The standard InChI is InChI=1S/C21H32N2O2/c24-16-9-19(18-7-3-1-4-8-18)17-22-20(25)23-14-12-21(13-15-23)10-5-2-6-11-21/h1,3-4,7-8,19,24H,2,5-6,9-17H2,(H,22,25). The quantitative estimate of drug-likeness (QED) is 0.851. The summed E-state index contributed by atoms with van der Waals surface area (Å²) < 4.78 is 0. The van der Waals surface area contributed by atoms with Crippen molar-refractivity contribution in [3.63, 3.8) is 0 Å². The number of benzene rings is 1. The maximum absolute atomic E-state index is 12.6. The molecule has 1 unspecified atom stereocenters. The lowest BCUT2D eigenvalue weighted by molar-refractivity contribution is 0.0811. The van der Waals surface area contributed by atoms with Crippen molar-refractivity contribution in [3.05, 3.63) is 35.9 Å². The summed E-state index contributed by atoms with van der Waals surface area (Å²) in [6.07, 6.45) is 9.84. The van der Waals surface area contributed by atoms with Crippen molar-refractivity contribution in [3.8, 4) is 0 Å². The highest BCUT2D eigenvalue weighted by Crippen LogP contribution is 2.44. The van der Waals surface area contributed by atoms with Crippen LogP contribution in [0.5, 0.6) is 0 Å². The van der Waals surface area contributed by atoms with Crippen LogP contribution < -0.4 is 5.32 Å². The van der Waals surface area contributed by atoms with E-state index in [0.29, 0.717) is 18.4 Å². The number of rotatable bonds is 5. The van der Waals surface area contributed by atoms with E-state index in [0.717, 1.165) is 13.1 Å². The Bertz CT molecular complexity index is 530. The third kappa shape index (κ3) is 4.75. The molecule has 0 radical (unpaired) electrons. The molecule has 1 saturated heterocycles. The van der Waals surface area contributed by atoms with Crippen LogP contribution in [0.2, 0.25) is 0 Å². The molecular weight excluding hydrogens is 312 g/mol. The SMILES string of the molecule is O=C(NCC(CCO)c1ccccc1)N1CCC2(CCCCC2)CC1. The number of hydrogen-bond donors (Lipinski definition) is 2. The first-order valence-corrected chi connectivity index (χ1v) is 9.91. The number of urea groups is 1. The molecule has 1 aliphatic carbocycles. The zero-order valence-electron chi connectivity index (χ0n) is 15.3. The average molecular weight is 344 g/mol. The number of piperidine rings is 1. The smallest absolute Gasteiger partial charge is 0.317 e. The fourth-order valence-electron chi connectivity index (χ4n) is 4.58. The molecule has 2 amide bonds. The Kier molecular flexibility index (Phi) is 6.35. The second-order valence-corrected chi connectivity index (χ2v) is 7.85. The normalized spacial score (nSPS) is 21.1. The maximum Gasteiger partial charge on any atom is 0.317 e. The van der Waals surface area contributed by atoms with Crippen LogP contribution in [0.3, 0.4) is 0 Å². The third-order valence-corrected chi connectivity index (χ3v) is 6.27. The number of carbonyl (C=O) groups excluding carboxylic acids is 1. The first-order chi connectivity index (χ1) is 12.2. The van der Waals surface area contributed by atoms with Gasteiger partial charge in [0, 0.05) is 32.2 Å². The molecule has 4 nitrogen and oxygen atoms in total. The van der Waals surface area contributed by atoms with Crippen molar-refractivity contribution >= 4 is 6.03 Å². The second-order valence-electron chi connectivity index (χ2n) is 7.85. The van der Waals surface area contributed by atoms with Crippen LogP contribution in [0, 0.1) is 5.41 Å². The lowest BCUT2D eigenvalue weighted by Crippen LogP contribution is -2.48. The van der Waals surface area contributed by atoms with Gasteiger partial charge in [-0.05, 0) is 43.1 Å². The topological polar surface area (TPSA) is 52.6 Å². The molecule has 1 aliphatic heterocycles. The second kappa shape index (κ2) is 8.70. The number of amides is 2. The van der Waals surface area contributed by atoms with Gasteiger partial charge in [-0.25, -0.2) is 4.79 Å². The number of aliphatic hydroxyl groups is 1. The van der Waals surface area contributed by atoms with Crippen molar-refractivity contribution in [2.24, 2.45) is 5.41 Å². The summed E-state index contributed by atoms with van der Waals surface area (Å²) in [5, 5.41) is 12.4. The van der Waals surface area contributed by atoms with Crippen molar-refractivity contribution in [1.82, 2.24) is 10.2 Å². The van der Waals surface area contributed by atoms with Gasteiger partial charge in [0.1, 0.15) is 0 Å². The minimum atomic E-state index is 0.0598. The molecular formula is C21H32N2O2. The van der Waals surface area contributed by atoms with Crippen molar-refractivity contribution in [2.45, 2.75) is 57.3 Å². The lowest BCUT2D eigenvalue weighted by atomic mass is 9.68. The summed E-state index contributed by atoms with van der Waals surface area (Å²) in [5.41, 5.74) is 1.70. The summed E-state index contributed by atoms with van der Waals surface area (Å²) in [5.74, 6) is 0.171. The van der Waals surface area contributed by atoms with Gasteiger partial charge in [-0.2, -0.15) is 0 Å². The monoisotopic (exact) mass is 344 g/mol. The van der Waals surface area contributed by atoms with E-state index < -0.39 is 0 Å². The van der Waals surface area contributed by atoms with Crippen LogP contribution in [0.1, 0.15) is 62.8 Å². The highest BCUT2D eigenvalue weighted by atomic mass is 16.3. The molecule has 25 heavy (non-hydrogen) atoms. The highest BCUT2D eigenvalue weighted by molar-refractivity contribution is 5.74. The number of likely N-dealkylation sites (tertiary alicyclic amines) is 1. The van der Waals surface area contributed by atoms with Crippen LogP contribution in [0.15, 0.2) is 30.3 Å². The molecule has 1 aromatic carbocycles. The summed E-state index contributed by atoms with van der Waals surface area (Å²) in [4.78, 5) is 14.5. The van der Waals surface area contributed by atoms with Gasteiger partial charge in [0.25, 0.3) is 0 Å². The number of hydrogen-bond acceptors (Lipinski definition) is 2. The van der Waals surface area contributed by atoms with Crippen molar-refractivity contribution < 1.29 is 9.90 Å². The van der Waals surface area contributed by atoms with E-state index >= 15 is 0 Å². The molecule has 1 aromatic rings. The zero-order chi connectivity index (χ0) is 17.5. The van der Waals surface area contributed by atoms with Gasteiger partial charge in [-0.3, -0.25) is 0 Å². The third-order valence-electron chi connectivity index (χ3n) is 6.27. The fourth-order valence-corrected chi connectivity index (χ4v) is 4.58. The van der Waals surface area contributed by atoms with E-state index in [1.165, 1.54) is 50.5 Å². The van der Waals surface area contributed by atoms with Gasteiger partial charge in [0.2, 0.25) is 0 Å². The van der Waals surface area contributed by atoms with E-state index in [2.05, 4.69) is 17.4 Å². The summed E-state index contributed by atoms with van der Waals surface area (Å²) >= 11 is 0. The molecule has 3 rings (SSSR count). The summed E-state index contributed by atoms with van der Waals surface area (Å²) in [7, 11) is 0. The highest BCUT2D eigenvalue weighted by Gasteiger charge is 2.36. The van der Waals surface area contributed by atoms with Crippen LogP contribution in [0.25, 0.3) is 0 Å². The Labute approximate surface area is 151 Å². The summed E-state index contributed by atoms with van der Waals surface area (Å²) in [6.45, 7) is 2.51. The van der Waals surface area contributed by atoms with Gasteiger partial charge in [0.15, 0.2) is 0 Å². The molecule has 1 spiro atoms. The van der Waals surface area contributed by atoms with Gasteiger partial charge in [-0.1, -0.05) is 49.6 Å². The predicted molar refractivity (Wildman–Crippen MR) is 101 cm³/mol. The van der Waals surface area contributed by atoms with E-state index in [1.807, 2.05) is 23.1 Å². The molecule has 138 valence electrons. The van der Waals surface area contributed by atoms with Gasteiger partial charge >= 0.3 is 6.03 Å². The zero-order valence-corrected chi connectivity index (χ0v) is 15.3. The van der Waals surface area contributed by atoms with Crippen LogP contribution in [0.4, 0.5) is 4.79 Å². The number of nitrogens with zero attached hydrogens (tertiary/aromatic N) is 1. The molecule has 2 aliphatic rings. The van der Waals surface area contributed by atoms with Gasteiger partial charge in [-0.15, -0.1) is 0 Å². The first-order valence-electron chi connectivity index (χ1n) is 9.91.